The van der Waals surface area contributed by atoms with Crippen molar-refractivity contribution in [3.05, 3.63) is 29.8 Å². The van der Waals surface area contributed by atoms with Gasteiger partial charge >= 0.3 is 0 Å². The molecular formula is C17H25N3O2. The lowest BCUT2D eigenvalue weighted by atomic mass is 9.92. The van der Waals surface area contributed by atoms with E-state index in [2.05, 4.69) is 17.1 Å². The summed E-state index contributed by atoms with van der Waals surface area (Å²) >= 11 is 0. The van der Waals surface area contributed by atoms with Gasteiger partial charge < -0.3 is 11.1 Å². The van der Waals surface area contributed by atoms with Gasteiger partial charge in [-0.1, -0.05) is 19.1 Å². The summed E-state index contributed by atoms with van der Waals surface area (Å²) in [5.41, 5.74) is 6.95. The molecule has 0 aromatic heterocycles. The third-order valence-corrected chi connectivity index (χ3v) is 4.30. The number of carbonyl (C=O) groups excluding carboxylic acids is 2. The van der Waals surface area contributed by atoms with E-state index in [4.69, 9.17) is 5.73 Å². The van der Waals surface area contributed by atoms with Gasteiger partial charge in [-0.15, -0.1) is 0 Å². The Morgan fingerprint density at radius 2 is 2.09 bits per heavy atom. The molecule has 2 rings (SSSR count). The number of benzene rings is 1. The van der Waals surface area contributed by atoms with Crippen LogP contribution in [0.2, 0.25) is 0 Å². The van der Waals surface area contributed by atoms with Crippen molar-refractivity contribution in [2.75, 3.05) is 25.0 Å². The molecule has 1 heterocycles. The smallest absolute Gasteiger partial charge is 0.238 e. The molecular weight excluding hydrogens is 278 g/mol. The van der Waals surface area contributed by atoms with Crippen LogP contribution in [-0.4, -0.2) is 42.3 Å². The number of Topliss-reactive ketones (excluding diaryl/α,β-unsaturated/α-hetero) is 1. The van der Waals surface area contributed by atoms with E-state index in [1.807, 2.05) is 6.07 Å². The fraction of sp³-hybridized carbons (Fsp3) is 0.529. The molecule has 0 saturated carbocycles. The SMILES string of the molecule is CC(=O)c1ccccc1NC(=O)CN1CCC(C)CC1CN. The Labute approximate surface area is 131 Å². The maximum atomic E-state index is 12.3. The Balaban J connectivity index is 2.00. The van der Waals surface area contributed by atoms with E-state index >= 15 is 0 Å². The van der Waals surface area contributed by atoms with Crippen molar-refractivity contribution >= 4 is 17.4 Å². The van der Waals surface area contributed by atoms with Crippen LogP contribution in [0.5, 0.6) is 0 Å². The first-order valence-electron chi connectivity index (χ1n) is 7.85. The molecule has 1 aromatic carbocycles. The number of anilines is 1. The average Bonchev–Trinajstić information content (AvgIpc) is 2.49. The van der Waals surface area contributed by atoms with Crippen LogP contribution in [0, 0.1) is 5.92 Å². The van der Waals surface area contributed by atoms with E-state index in [-0.39, 0.29) is 17.7 Å². The second kappa shape index (κ2) is 7.51. The van der Waals surface area contributed by atoms with Crippen LogP contribution in [-0.2, 0) is 4.79 Å². The molecule has 0 spiro atoms. The number of carbonyl (C=O) groups is 2. The summed E-state index contributed by atoms with van der Waals surface area (Å²) in [6.07, 6.45) is 2.13. The van der Waals surface area contributed by atoms with E-state index in [0.717, 1.165) is 19.4 Å². The average molecular weight is 303 g/mol. The van der Waals surface area contributed by atoms with Crippen molar-refractivity contribution in [3.63, 3.8) is 0 Å². The zero-order valence-electron chi connectivity index (χ0n) is 13.3. The van der Waals surface area contributed by atoms with Crippen molar-refractivity contribution in [2.24, 2.45) is 11.7 Å². The van der Waals surface area contributed by atoms with Crippen molar-refractivity contribution in [3.8, 4) is 0 Å². The molecule has 1 amide bonds. The van der Waals surface area contributed by atoms with Gasteiger partial charge in [-0.3, -0.25) is 14.5 Å². The Hall–Kier alpha value is -1.72. The van der Waals surface area contributed by atoms with Crippen molar-refractivity contribution < 1.29 is 9.59 Å². The minimum Gasteiger partial charge on any atom is -0.329 e. The first-order valence-corrected chi connectivity index (χ1v) is 7.85. The monoisotopic (exact) mass is 303 g/mol. The maximum Gasteiger partial charge on any atom is 0.238 e. The van der Waals surface area contributed by atoms with Crippen LogP contribution < -0.4 is 11.1 Å². The largest absolute Gasteiger partial charge is 0.329 e. The van der Waals surface area contributed by atoms with Gasteiger partial charge in [0.2, 0.25) is 5.91 Å². The molecule has 0 radical (unpaired) electrons. The molecule has 120 valence electrons. The number of nitrogens with one attached hydrogen (secondary N) is 1. The van der Waals surface area contributed by atoms with Crippen LogP contribution in [0.15, 0.2) is 24.3 Å². The van der Waals surface area contributed by atoms with Gasteiger partial charge in [0.15, 0.2) is 5.78 Å². The first kappa shape index (κ1) is 16.6. The number of para-hydroxylation sites is 1. The molecule has 5 heteroatoms. The van der Waals surface area contributed by atoms with Crippen LogP contribution in [0.4, 0.5) is 5.69 Å². The summed E-state index contributed by atoms with van der Waals surface area (Å²) in [6, 6.07) is 7.35. The predicted octanol–water partition coefficient (Wildman–Crippen LogP) is 1.89. The molecule has 22 heavy (non-hydrogen) atoms. The second-order valence-corrected chi connectivity index (χ2v) is 6.14. The Morgan fingerprint density at radius 1 is 1.36 bits per heavy atom. The van der Waals surface area contributed by atoms with Gasteiger partial charge in [0, 0.05) is 18.2 Å². The summed E-state index contributed by atoms with van der Waals surface area (Å²) in [7, 11) is 0. The molecule has 3 N–H and O–H groups in total. The summed E-state index contributed by atoms with van der Waals surface area (Å²) in [5.74, 6) is 0.510. The van der Waals surface area contributed by atoms with Crippen molar-refractivity contribution in [2.45, 2.75) is 32.7 Å². The van der Waals surface area contributed by atoms with Crippen molar-refractivity contribution in [1.29, 1.82) is 0 Å². The van der Waals surface area contributed by atoms with Gasteiger partial charge in [0.25, 0.3) is 0 Å². The van der Waals surface area contributed by atoms with Crippen molar-refractivity contribution in [1.82, 2.24) is 4.90 Å². The highest BCUT2D eigenvalue weighted by atomic mass is 16.2. The molecule has 1 fully saturated rings. The lowest BCUT2D eigenvalue weighted by molar-refractivity contribution is -0.118. The predicted molar refractivity (Wildman–Crippen MR) is 87.9 cm³/mol. The van der Waals surface area contributed by atoms with Crippen LogP contribution in [0.25, 0.3) is 0 Å². The van der Waals surface area contributed by atoms with E-state index in [1.54, 1.807) is 18.2 Å². The number of nitrogens with two attached hydrogens (primary N) is 1. The fourth-order valence-corrected chi connectivity index (χ4v) is 3.03. The maximum absolute atomic E-state index is 12.3. The van der Waals surface area contributed by atoms with E-state index in [0.29, 0.717) is 30.3 Å². The normalized spacial score (nSPS) is 22.3. The van der Waals surface area contributed by atoms with Crippen LogP contribution in [0.3, 0.4) is 0 Å². The highest BCUT2D eigenvalue weighted by Crippen LogP contribution is 2.22. The summed E-state index contributed by atoms with van der Waals surface area (Å²) in [5, 5.41) is 2.85. The lowest BCUT2D eigenvalue weighted by Crippen LogP contribution is -2.49. The number of piperidine rings is 1. The number of rotatable bonds is 5. The topological polar surface area (TPSA) is 75.4 Å². The number of ketones is 1. The van der Waals surface area contributed by atoms with E-state index in [1.165, 1.54) is 6.92 Å². The molecule has 1 saturated heterocycles. The molecule has 1 aromatic rings. The molecule has 5 nitrogen and oxygen atoms in total. The summed E-state index contributed by atoms with van der Waals surface area (Å²) in [4.78, 5) is 26.0. The summed E-state index contributed by atoms with van der Waals surface area (Å²) < 4.78 is 0. The number of likely N-dealkylation sites (tertiary alicyclic amines) is 1. The van der Waals surface area contributed by atoms with Gasteiger partial charge in [-0.05, 0) is 44.4 Å². The Kier molecular flexibility index (Phi) is 5.69. The molecule has 1 aliphatic rings. The minimum atomic E-state index is -0.0956. The first-order chi connectivity index (χ1) is 10.5. The Morgan fingerprint density at radius 3 is 2.77 bits per heavy atom. The fourth-order valence-electron chi connectivity index (χ4n) is 3.03. The second-order valence-electron chi connectivity index (χ2n) is 6.14. The number of nitrogens with zero attached hydrogens (tertiary/aromatic N) is 1. The van der Waals surface area contributed by atoms with Gasteiger partial charge in [-0.25, -0.2) is 0 Å². The molecule has 2 atom stereocenters. The van der Waals surface area contributed by atoms with Gasteiger partial charge in [0.1, 0.15) is 0 Å². The molecule has 2 unspecified atom stereocenters. The highest BCUT2D eigenvalue weighted by Gasteiger charge is 2.26. The highest BCUT2D eigenvalue weighted by molar-refractivity contribution is 6.04. The van der Waals surface area contributed by atoms with Crippen LogP contribution >= 0.6 is 0 Å². The quantitative estimate of drug-likeness (QED) is 0.815. The van der Waals surface area contributed by atoms with Crippen LogP contribution in [0.1, 0.15) is 37.0 Å². The number of hydrogen-bond acceptors (Lipinski definition) is 4. The molecule has 0 bridgehead atoms. The van der Waals surface area contributed by atoms with E-state index in [9.17, 15) is 9.59 Å². The standard InChI is InChI=1S/C17H25N3O2/c1-12-7-8-20(14(9-12)10-18)11-17(22)19-16-6-4-3-5-15(16)13(2)21/h3-6,12,14H,7-11,18H2,1-2H3,(H,19,22). The Bertz CT molecular complexity index is 544. The minimum absolute atomic E-state index is 0.0532. The molecule has 1 aliphatic heterocycles. The lowest BCUT2D eigenvalue weighted by Gasteiger charge is -2.37. The summed E-state index contributed by atoms with van der Waals surface area (Å²) in [6.45, 7) is 5.51. The zero-order valence-corrected chi connectivity index (χ0v) is 13.3. The third-order valence-electron chi connectivity index (χ3n) is 4.30. The van der Waals surface area contributed by atoms with Gasteiger partial charge in [0.05, 0.1) is 12.2 Å². The van der Waals surface area contributed by atoms with Gasteiger partial charge in [-0.2, -0.15) is 0 Å². The zero-order chi connectivity index (χ0) is 16.1. The van der Waals surface area contributed by atoms with E-state index < -0.39 is 0 Å². The molecule has 0 aliphatic carbocycles. The number of amides is 1. The number of hydrogen-bond donors (Lipinski definition) is 2. The third kappa shape index (κ3) is 4.15.